The van der Waals surface area contributed by atoms with Gasteiger partial charge in [0, 0.05) is 31.3 Å². The summed E-state index contributed by atoms with van der Waals surface area (Å²) in [6, 6.07) is 1.87. The van der Waals surface area contributed by atoms with Crippen molar-refractivity contribution in [3.8, 4) is 11.5 Å². The molecule has 3 heterocycles. The normalized spacial score (nSPS) is 14.4. The van der Waals surface area contributed by atoms with Crippen LogP contribution < -0.4 is 5.32 Å². The second kappa shape index (κ2) is 5.25. The van der Waals surface area contributed by atoms with Crippen molar-refractivity contribution in [3.63, 3.8) is 0 Å². The lowest BCUT2D eigenvalue weighted by atomic mass is 9.98. The van der Waals surface area contributed by atoms with Crippen LogP contribution in [0.3, 0.4) is 0 Å². The van der Waals surface area contributed by atoms with Gasteiger partial charge in [-0.2, -0.15) is 0 Å². The largest absolute Gasteiger partial charge is 0.312 e. The predicted octanol–water partition coefficient (Wildman–Crippen LogP) is 2.01. The van der Waals surface area contributed by atoms with E-state index in [1.54, 1.807) is 6.20 Å². The van der Waals surface area contributed by atoms with Crippen LogP contribution in [0.15, 0.2) is 12.3 Å². The van der Waals surface area contributed by atoms with Crippen molar-refractivity contribution in [2.24, 2.45) is 0 Å². The summed E-state index contributed by atoms with van der Waals surface area (Å²) in [6.07, 6.45) is 2.71. The lowest BCUT2D eigenvalue weighted by molar-refractivity contribution is 0.609. The predicted molar refractivity (Wildman–Crippen MR) is 77.3 cm³/mol. The summed E-state index contributed by atoms with van der Waals surface area (Å²) in [5, 5.41) is 3.40. The quantitative estimate of drug-likeness (QED) is 0.903. The maximum Gasteiger partial charge on any atom is 0.178 e. The van der Waals surface area contributed by atoms with Gasteiger partial charge in [-0.3, -0.25) is 0 Å². The zero-order valence-corrected chi connectivity index (χ0v) is 12.1. The minimum atomic E-state index is 0.383. The Labute approximate surface area is 118 Å². The summed E-state index contributed by atoms with van der Waals surface area (Å²) in [5.74, 6) is 1.85. The molecule has 0 aromatic carbocycles. The molecule has 1 N–H and O–H groups in total. The Hall–Kier alpha value is -1.88. The Bertz CT molecular complexity index is 636. The Morgan fingerprint density at radius 3 is 2.80 bits per heavy atom. The average Bonchev–Trinajstić information content (AvgIpc) is 2.46. The summed E-state index contributed by atoms with van der Waals surface area (Å²) in [7, 11) is 0. The van der Waals surface area contributed by atoms with E-state index in [0.29, 0.717) is 5.92 Å². The van der Waals surface area contributed by atoms with Crippen LogP contribution in [0.25, 0.3) is 11.5 Å². The maximum absolute atomic E-state index is 4.76. The fraction of sp³-hybridized carbons (Fsp3) is 0.467. The minimum absolute atomic E-state index is 0.383. The first-order chi connectivity index (χ1) is 9.65. The van der Waals surface area contributed by atoms with Gasteiger partial charge in [-0.1, -0.05) is 13.8 Å². The molecule has 0 saturated carbocycles. The number of rotatable bonds is 2. The topological polar surface area (TPSA) is 63.6 Å². The van der Waals surface area contributed by atoms with Gasteiger partial charge < -0.3 is 5.32 Å². The first-order valence-electron chi connectivity index (χ1n) is 7.05. The lowest BCUT2D eigenvalue weighted by Gasteiger charge is -2.21. The number of aromatic nitrogens is 4. The third kappa shape index (κ3) is 2.41. The monoisotopic (exact) mass is 269 g/mol. The van der Waals surface area contributed by atoms with Crippen LogP contribution in [-0.4, -0.2) is 26.5 Å². The van der Waals surface area contributed by atoms with Crippen molar-refractivity contribution in [1.82, 2.24) is 25.3 Å². The molecule has 20 heavy (non-hydrogen) atoms. The smallest absolute Gasteiger partial charge is 0.178 e. The fourth-order valence-corrected chi connectivity index (χ4v) is 2.54. The van der Waals surface area contributed by atoms with Gasteiger partial charge in [-0.15, -0.1) is 0 Å². The molecule has 0 aliphatic carbocycles. The maximum atomic E-state index is 4.76. The molecule has 1 aliphatic rings. The van der Waals surface area contributed by atoms with Gasteiger partial charge in [-0.05, 0) is 18.9 Å². The molecular formula is C15H19N5. The van der Waals surface area contributed by atoms with Gasteiger partial charge in [0.25, 0.3) is 0 Å². The highest BCUT2D eigenvalue weighted by Gasteiger charge is 2.20. The van der Waals surface area contributed by atoms with Crippen LogP contribution in [0.2, 0.25) is 0 Å². The third-order valence-corrected chi connectivity index (χ3v) is 3.52. The second-order valence-electron chi connectivity index (χ2n) is 5.43. The molecule has 3 rings (SSSR count). The van der Waals surface area contributed by atoms with Gasteiger partial charge in [-0.25, -0.2) is 19.9 Å². The van der Waals surface area contributed by atoms with Crippen molar-refractivity contribution in [3.05, 3.63) is 35.0 Å². The number of fused-ring (bicyclic) bond motifs is 1. The molecule has 2 aromatic rings. The SMILES string of the molecule is Cc1nccc(-c2nc3c(c(C(C)C)n2)CNCC3)n1. The molecule has 1 aliphatic heterocycles. The molecule has 0 saturated heterocycles. The molecule has 104 valence electrons. The number of nitrogens with one attached hydrogen (secondary N) is 1. The van der Waals surface area contributed by atoms with Crippen LogP contribution in [0.1, 0.15) is 42.5 Å². The average molecular weight is 269 g/mol. The summed E-state index contributed by atoms with van der Waals surface area (Å²) < 4.78 is 0. The van der Waals surface area contributed by atoms with Crippen LogP contribution in [0.5, 0.6) is 0 Å². The van der Waals surface area contributed by atoms with Crippen molar-refractivity contribution >= 4 is 0 Å². The Balaban J connectivity index is 2.15. The number of nitrogens with zero attached hydrogens (tertiary/aromatic N) is 4. The Morgan fingerprint density at radius 2 is 2.05 bits per heavy atom. The zero-order valence-electron chi connectivity index (χ0n) is 12.1. The highest BCUT2D eigenvalue weighted by atomic mass is 15.0. The van der Waals surface area contributed by atoms with Gasteiger partial charge in [0.1, 0.15) is 11.5 Å². The molecule has 0 spiro atoms. The Morgan fingerprint density at radius 1 is 1.20 bits per heavy atom. The number of hydrogen-bond acceptors (Lipinski definition) is 5. The fourth-order valence-electron chi connectivity index (χ4n) is 2.54. The van der Waals surface area contributed by atoms with E-state index in [0.717, 1.165) is 48.2 Å². The number of hydrogen-bond donors (Lipinski definition) is 1. The molecule has 5 heteroatoms. The molecule has 0 bridgehead atoms. The minimum Gasteiger partial charge on any atom is -0.312 e. The van der Waals surface area contributed by atoms with E-state index in [4.69, 9.17) is 9.97 Å². The molecule has 0 amide bonds. The van der Waals surface area contributed by atoms with Gasteiger partial charge >= 0.3 is 0 Å². The molecule has 0 fully saturated rings. The van der Waals surface area contributed by atoms with Gasteiger partial charge in [0.2, 0.25) is 0 Å². The van der Waals surface area contributed by atoms with Gasteiger partial charge in [0.05, 0.1) is 11.4 Å². The van der Waals surface area contributed by atoms with Gasteiger partial charge in [0.15, 0.2) is 5.82 Å². The van der Waals surface area contributed by atoms with Crippen LogP contribution in [0.4, 0.5) is 0 Å². The molecular weight excluding hydrogens is 250 g/mol. The summed E-state index contributed by atoms with van der Waals surface area (Å²) >= 11 is 0. The van der Waals surface area contributed by atoms with Crippen LogP contribution in [0, 0.1) is 6.92 Å². The molecule has 0 radical (unpaired) electrons. The standard InChI is InChI=1S/C15H19N5/c1-9(2)14-11-8-16-6-4-12(11)19-15(20-14)13-5-7-17-10(3)18-13/h5,7,9,16H,4,6,8H2,1-3H3. The first kappa shape index (κ1) is 13.1. The van der Waals surface area contributed by atoms with E-state index in [2.05, 4.69) is 29.1 Å². The van der Waals surface area contributed by atoms with E-state index in [-0.39, 0.29) is 0 Å². The first-order valence-corrected chi connectivity index (χ1v) is 7.05. The molecule has 0 unspecified atom stereocenters. The van der Waals surface area contributed by atoms with E-state index in [1.165, 1.54) is 5.56 Å². The molecule has 0 atom stereocenters. The van der Waals surface area contributed by atoms with Crippen molar-refractivity contribution in [2.45, 2.75) is 39.7 Å². The third-order valence-electron chi connectivity index (χ3n) is 3.52. The Kier molecular flexibility index (Phi) is 3.44. The van der Waals surface area contributed by atoms with Crippen molar-refractivity contribution < 1.29 is 0 Å². The summed E-state index contributed by atoms with van der Waals surface area (Å²) in [5.41, 5.74) is 4.36. The highest BCUT2D eigenvalue weighted by molar-refractivity contribution is 5.50. The lowest BCUT2D eigenvalue weighted by Crippen LogP contribution is -2.27. The van der Waals surface area contributed by atoms with E-state index >= 15 is 0 Å². The molecule has 2 aromatic heterocycles. The second-order valence-corrected chi connectivity index (χ2v) is 5.43. The van der Waals surface area contributed by atoms with E-state index in [9.17, 15) is 0 Å². The van der Waals surface area contributed by atoms with Crippen molar-refractivity contribution in [1.29, 1.82) is 0 Å². The van der Waals surface area contributed by atoms with Crippen LogP contribution >= 0.6 is 0 Å². The van der Waals surface area contributed by atoms with E-state index < -0.39 is 0 Å². The van der Waals surface area contributed by atoms with Crippen LogP contribution in [-0.2, 0) is 13.0 Å². The van der Waals surface area contributed by atoms with Crippen molar-refractivity contribution in [2.75, 3.05) is 6.54 Å². The summed E-state index contributed by atoms with van der Waals surface area (Å²) in [4.78, 5) is 18.1. The zero-order chi connectivity index (χ0) is 14.1. The summed E-state index contributed by atoms with van der Waals surface area (Å²) in [6.45, 7) is 8.07. The molecule has 5 nitrogen and oxygen atoms in total. The van der Waals surface area contributed by atoms with E-state index in [1.807, 2.05) is 13.0 Å². The highest BCUT2D eigenvalue weighted by Crippen LogP contribution is 2.25. The number of aryl methyl sites for hydroxylation is 1.